The summed E-state index contributed by atoms with van der Waals surface area (Å²) in [4.78, 5) is 32.1. The van der Waals surface area contributed by atoms with Crippen LogP contribution in [0.4, 0.5) is 0 Å². The summed E-state index contributed by atoms with van der Waals surface area (Å²) in [5, 5.41) is 3.40. The molecule has 3 rings (SSSR count). The lowest BCUT2D eigenvalue weighted by molar-refractivity contribution is -0.130. The predicted molar refractivity (Wildman–Crippen MR) is 135 cm³/mol. The molecule has 1 aliphatic rings. The van der Waals surface area contributed by atoms with E-state index in [4.69, 9.17) is 22.1 Å². The van der Waals surface area contributed by atoms with Crippen LogP contribution < -0.4 is 11.1 Å². The average molecular weight is 485 g/mol. The molecular formula is C26H33ClN4O3. The molecule has 0 radical (unpaired) electrons. The first-order valence-electron chi connectivity index (χ1n) is 11.4. The third-order valence-corrected chi connectivity index (χ3v) is 6.76. The van der Waals surface area contributed by atoms with Gasteiger partial charge in [0.1, 0.15) is 0 Å². The summed E-state index contributed by atoms with van der Waals surface area (Å²) in [6.45, 7) is 6.71. The number of nitrogens with two attached hydrogens (primary N) is 1. The molecule has 182 valence electrons. The summed E-state index contributed by atoms with van der Waals surface area (Å²) in [6.07, 6.45) is 0.901. The van der Waals surface area contributed by atoms with Crippen LogP contribution in [0.2, 0.25) is 5.02 Å². The second-order valence-corrected chi connectivity index (χ2v) is 9.58. The van der Waals surface area contributed by atoms with Gasteiger partial charge in [0.2, 0.25) is 5.91 Å². The van der Waals surface area contributed by atoms with Crippen LogP contribution in [0.25, 0.3) is 0 Å². The Morgan fingerprint density at radius 1 is 1.26 bits per heavy atom. The van der Waals surface area contributed by atoms with Crippen LogP contribution in [-0.2, 0) is 16.1 Å². The second kappa shape index (κ2) is 11.0. The zero-order valence-corrected chi connectivity index (χ0v) is 20.9. The molecule has 0 aromatic heterocycles. The van der Waals surface area contributed by atoms with Crippen molar-refractivity contribution >= 4 is 29.4 Å². The number of halogens is 1. The van der Waals surface area contributed by atoms with Crippen LogP contribution in [0.1, 0.15) is 61.1 Å². The van der Waals surface area contributed by atoms with Crippen molar-refractivity contribution in [1.29, 1.82) is 0 Å². The number of methoxy groups -OCH3 is 1. The van der Waals surface area contributed by atoms with Crippen molar-refractivity contribution < 1.29 is 14.3 Å². The van der Waals surface area contributed by atoms with E-state index < -0.39 is 5.54 Å². The number of hydrogen-bond acceptors (Lipinski definition) is 5. The molecule has 1 aliphatic heterocycles. The number of amides is 2. The molecule has 0 saturated heterocycles. The van der Waals surface area contributed by atoms with Gasteiger partial charge >= 0.3 is 0 Å². The van der Waals surface area contributed by atoms with Gasteiger partial charge in [-0.2, -0.15) is 0 Å². The minimum atomic E-state index is -0.517. The Balaban J connectivity index is 1.80. The fourth-order valence-corrected chi connectivity index (χ4v) is 4.10. The zero-order chi connectivity index (χ0) is 24.9. The number of benzene rings is 2. The smallest absolute Gasteiger partial charge is 0.253 e. The van der Waals surface area contributed by atoms with Gasteiger partial charge in [-0.05, 0) is 42.5 Å². The van der Waals surface area contributed by atoms with Crippen LogP contribution >= 0.6 is 11.6 Å². The van der Waals surface area contributed by atoms with Gasteiger partial charge in [0.15, 0.2) is 5.96 Å². The lowest BCUT2D eigenvalue weighted by Crippen LogP contribution is -2.51. The molecule has 0 aliphatic carbocycles. The third-order valence-electron chi connectivity index (χ3n) is 6.43. The summed E-state index contributed by atoms with van der Waals surface area (Å²) in [5.41, 5.74) is 7.72. The number of rotatable bonds is 9. The van der Waals surface area contributed by atoms with Gasteiger partial charge in [0.05, 0.1) is 35.1 Å². The molecule has 0 fully saturated rings. The first-order valence-corrected chi connectivity index (χ1v) is 11.8. The molecular weight excluding hydrogens is 452 g/mol. The number of carbonyl (C=O) groups excluding carboxylic acids is 2. The minimum Gasteiger partial charge on any atom is -0.385 e. The van der Waals surface area contributed by atoms with Crippen LogP contribution in [0, 0.1) is 5.92 Å². The fraction of sp³-hybridized carbons (Fsp3) is 0.423. The number of ether oxygens (including phenoxy) is 1. The predicted octanol–water partition coefficient (Wildman–Crippen LogP) is 4.31. The molecule has 8 heteroatoms. The maximum absolute atomic E-state index is 13.2. The fourth-order valence-electron chi connectivity index (χ4n) is 3.90. The van der Waals surface area contributed by atoms with E-state index in [9.17, 15) is 9.59 Å². The van der Waals surface area contributed by atoms with Crippen LogP contribution in [0.5, 0.6) is 0 Å². The Kier molecular flexibility index (Phi) is 8.33. The molecule has 3 N–H and O–H groups in total. The number of guanidine groups is 1. The maximum atomic E-state index is 13.2. The van der Waals surface area contributed by atoms with Crippen molar-refractivity contribution in [3.05, 3.63) is 70.2 Å². The molecule has 2 aromatic carbocycles. The quantitative estimate of drug-likeness (QED) is 0.554. The van der Waals surface area contributed by atoms with Gasteiger partial charge in [0, 0.05) is 13.7 Å². The Hall–Kier alpha value is -2.90. The largest absolute Gasteiger partial charge is 0.385 e. The van der Waals surface area contributed by atoms with Crippen LogP contribution in [0.15, 0.2) is 53.5 Å². The summed E-state index contributed by atoms with van der Waals surface area (Å²) in [6, 6.07) is 14.7. The zero-order valence-electron chi connectivity index (χ0n) is 20.2. The van der Waals surface area contributed by atoms with E-state index >= 15 is 0 Å². The van der Waals surface area contributed by atoms with Crippen molar-refractivity contribution in [2.24, 2.45) is 16.6 Å². The molecule has 2 atom stereocenters. The van der Waals surface area contributed by atoms with E-state index in [0.717, 1.165) is 11.1 Å². The first kappa shape index (κ1) is 25.7. The summed E-state index contributed by atoms with van der Waals surface area (Å²) < 4.78 is 5.22. The second-order valence-electron chi connectivity index (χ2n) is 9.17. The number of carbonyl (C=O) groups is 2. The monoisotopic (exact) mass is 484 g/mol. The summed E-state index contributed by atoms with van der Waals surface area (Å²) in [7, 11) is 1.63. The summed E-state index contributed by atoms with van der Waals surface area (Å²) >= 11 is 6.38. The van der Waals surface area contributed by atoms with Crippen molar-refractivity contribution in [3.63, 3.8) is 0 Å². The van der Waals surface area contributed by atoms with Crippen LogP contribution in [0.3, 0.4) is 0 Å². The highest BCUT2D eigenvalue weighted by atomic mass is 35.5. The van der Waals surface area contributed by atoms with Crippen molar-refractivity contribution in [2.75, 3.05) is 13.7 Å². The van der Waals surface area contributed by atoms with Crippen molar-refractivity contribution in [1.82, 2.24) is 10.2 Å². The van der Waals surface area contributed by atoms with E-state index in [1.54, 1.807) is 25.3 Å². The highest BCUT2D eigenvalue weighted by Gasteiger charge is 2.38. The van der Waals surface area contributed by atoms with E-state index in [1.165, 1.54) is 4.90 Å². The Morgan fingerprint density at radius 3 is 2.59 bits per heavy atom. The van der Waals surface area contributed by atoms with Crippen molar-refractivity contribution in [3.8, 4) is 0 Å². The number of aliphatic imine (C=N–C) groups is 1. The lowest BCUT2D eigenvalue weighted by Gasteiger charge is -2.37. The highest BCUT2D eigenvalue weighted by Crippen LogP contribution is 2.30. The average Bonchev–Trinajstić information content (AvgIpc) is 2.80. The Bertz CT molecular complexity index is 1060. The molecule has 7 nitrogen and oxygen atoms in total. The molecule has 0 saturated carbocycles. The van der Waals surface area contributed by atoms with E-state index in [-0.39, 0.29) is 42.7 Å². The third kappa shape index (κ3) is 5.96. The Morgan fingerprint density at radius 2 is 1.97 bits per heavy atom. The molecule has 0 spiro atoms. The van der Waals surface area contributed by atoms with Gasteiger partial charge in [-0.15, -0.1) is 0 Å². The van der Waals surface area contributed by atoms with E-state index in [0.29, 0.717) is 23.6 Å². The van der Waals surface area contributed by atoms with Gasteiger partial charge in [-0.3, -0.25) is 14.5 Å². The number of nitrogens with one attached hydrogen (secondary N) is 1. The number of hydrogen-bond donors (Lipinski definition) is 2. The Labute approximate surface area is 206 Å². The van der Waals surface area contributed by atoms with Gasteiger partial charge in [0.25, 0.3) is 5.91 Å². The molecule has 0 bridgehead atoms. The molecule has 2 unspecified atom stereocenters. The van der Waals surface area contributed by atoms with Gasteiger partial charge in [-0.25, -0.2) is 4.99 Å². The minimum absolute atomic E-state index is 0.0895. The maximum Gasteiger partial charge on any atom is 0.253 e. The van der Waals surface area contributed by atoms with Gasteiger partial charge in [-0.1, -0.05) is 61.8 Å². The van der Waals surface area contributed by atoms with E-state index in [2.05, 4.69) is 10.3 Å². The highest BCUT2D eigenvalue weighted by molar-refractivity contribution is 6.33. The van der Waals surface area contributed by atoms with Crippen LogP contribution in [-0.4, -0.2) is 41.9 Å². The SMILES string of the molecule is COCCC(NC(=O)c1cc(CN2C(=O)CC(C)(C(C)C)N=C2N)ccc1Cl)c1ccccc1. The molecule has 1 heterocycles. The molecule has 34 heavy (non-hydrogen) atoms. The lowest BCUT2D eigenvalue weighted by atomic mass is 9.84. The first-order chi connectivity index (χ1) is 16.1. The molecule has 2 aromatic rings. The number of nitrogens with zero attached hydrogens (tertiary/aromatic N) is 2. The van der Waals surface area contributed by atoms with Crippen molar-refractivity contribution in [2.45, 2.75) is 51.7 Å². The van der Waals surface area contributed by atoms with Gasteiger partial charge < -0.3 is 15.8 Å². The topological polar surface area (TPSA) is 97.0 Å². The van der Waals surface area contributed by atoms with E-state index in [1.807, 2.05) is 51.1 Å². The standard InChI is InChI=1S/C26H33ClN4O3/c1-17(2)26(3)15-23(32)31(25(28)30-26)16-18-10-11-21(27)20(14-18)24(33)29-22(12-13-34-4)19-8-6-5-7-9-19/h5-11,14,17,22H,12-13,15-16H2,1-4H3,(H2,28,30)(H,29,33). The summed E-state index contributed by atoms with van der Waals surface area (Å²) in [5.74, 6) is -0.0140. The molecule has 2 amide bonds. The normalized spacial score (nSPS) is 19.2.